The highest BCUT2D eigenvalue weighted by Crippen LogP contribution is 2.28. The lowest BCUT2D eigenvalue weighted by atomic mass is 9.90. The van der Waals surface area contributed by atoms with Crippen molar-refractivity contribution in [3.05, 3.63) is 105 Å². The number of hydrogen-bond acceptors (Lipinski definition) is 3. The van der Waals surface area contributed by atoms with Crippen LogP contribution in [-0.4, -0.2) is 20.8 Å². The van der Waals surface area contributed by atoms with Crippen LogP contribution in [0.1, 0.15) is 46.0 Å². The maximum Gasteiger partial charge on any atom is 0.251 e. The van der Waals surface area contributed by atoms with Crippen LogP contribution in [0.4, 0.5) is 0 Å². The van der Waals surface area contributed by atoms with E-state index in [-0.39, 0.29) is 11.7 Å². The molecule has 3 aromatic rings. The third-order valence-electron chi connectivity index (χ3n) is 6.01. The Labute approximate surface area is 203 Å². The van der Waals surface area contributed by atoms with Gasteiger partial charge in [0, 0.05) is 43.0 Å². The standard InChI is InChI=1S/C27H27ClN4O2/c1-17-11-23(33)5-6-24(17)21-12-20(16-32-9-8-31(3)27(32)29)13-22(14-21)26(34)30-15-19-4-7-25(28)18(2)10-19/h4-10,12-14,29H,11,15-16H2,1-3H3,(H,30,34). The third-order valence-corrected chi connectivity index (χ3v) is 6.43. The number of halogens is 1. The maximum atomic E-state index is 13.1. The number of benzene rings is 2. The number of nitrogens with one attached hydrogen (secondary N) is 2. The zero-order valence-electron chi connectivity index (χ0n) is 19.5. The number of aryl methyl sites for hydroxylation is 2. The van der Waals surface area contributed by atoms with Gasteiger partial charge in [0.1, 0.15) is 0 Å². The zero-order chi connectivity index (χ0) is 24.4. The van der Waals surface area contributed by atoms with Gasteiger partial charge in [-0.1, -0.05) is 35.4 Å². The predicted molar refractivity (Wildman–Crippen MR) is 134 cm³/mol. The molecule has 174 valence electrons. The normalized spacial score (nSPS) is 13.5. The number of hydrogen-bond donors (Lipinski definition) is 2. The molecule has 0 radical (unpaired) electrons. The van der Waals surface area contributed by atoms with Gasteiger partial charge < -0.3 is 14.5 Å². The summed E-state index contributed by atoms with van der Waals surface area (Å²) in [5, 5.41) is 11.9. The molecule has 0 bridgehead atoms. The average molecular weight is 475 g/mol. The van der Waals surface area contributed by atoms with E-state index in [1.54, 1.807) is 10.6 Å². The van der Waals surface area contributed by atoms with Crippen molar-refractivity contribution in [1.82, 2.24) is 14.5 Å². The number of ketones is 1. The van der Waals surface area contributed by atoms with Gasteiger partial charge in [0.2, 0.25) is 5.62 Å². The van der Waals surface area contributed by atoms with Crippen molar-refractivity contribution < 1.29 is 9.59 Å². The van der Waals surface area contributed by atoms with E-state index < -0.39 is 0 Å². The summed E-state index contributed by atoms with van der Waals surface area (Å²) in [7, 11) is 1.82. The van der Waals surface area contributed by atoms with E-state index in [1.807, 2.05) is 80.3 Å². The molecule has 34 heavy (non-hydrogen) atoms. The molecule has 0 unspecified atom stereocenters. The van der Waals surface area contributed by atoms with Gasteiger partial charge >= 0.3 is 0 Å². The summed E-state index contributed by atoms with van der Waals surface area (Å²) in [6.07, 6.45) is 7.46. The van der Waals surface area contributed by atoms with Gasteiger partial charge in [-0.15, -0.1) is 0 Å². The second kappa shape index (κ2) is 9.69. The Kier molecular flexibility index (Phi) is 6.70. The molecule has 1 aliphatic rings. The Bertz CT molecular complexity index is 1410. The first-order valence-corrected chi connectivity index (χ1v) is 11.4. The van der Waals surface area contributed by atoms with Crippen molar-refractivity contribution in [3.63, 3.8) is 0 Å². The summed E-state index contributed by atoms with van der Waals surface area (Å²) in [6, 6.07) is 11.4. The van der Waals surface area contributed by atoms with E-state index >= 15 is 0 Å². The molecular formula is C27H27ClN4O2. The van der Waals surface area contributed by atoms with Crippen molar-refractivity contribution >= 4 is 28.9 Å². The average Bonchev–Trinajstić information content (AvgIpc) is 3.11. The maximum absolute atomic E-state index is 13.1. The van der Waals surface area contributed by atoms with E-state index in [1.165, 1.54) is 0 Å². The van der Waals surface area contributed by atoms with Gasteiger partial charge in [-0.3, -0.25) is 15.0 Å². The van der Waals surface area contributed by atoms with E-state index in [2.05, 4.69) is 5.32 Å². The molecule has 0 fully saturated rings. The smallest absolute Gasteiger partial charge is 0.251 e. The van der Waals surface area contributed by atoms with Crippen LogP contribution in [0.25, 0.3) is 5.57 Å². The van der Waals surface area contributed by atoms with Crippen molar-refractivity contribution in [2.24, 2.45) is 7.05 Å². The molecule has 1 aliphatic carbocycles. The topological polar surface area (TPSA) is 79.9 Å². The first kappa shape index (κ1) is 23.5. The highest BCUT2D eigenvalue weighted by molar-refractivity contribution is 6.31. The van der Waals surface area contributed by atoms with Gasteiger partial charge in [0.25, 0.3) is 5.91 Å². The van der Waals surface area contributed by atoms with Crippen molar-refractivity contribution in [2.75, 3.05) is 0 Å². The van der Waals surface area contributed by atoms with Crippen LogP contribution in [0.3, 0.4) is 0 Å². The Balaban J connectivity index is 1.66. The molecular weight excluding hydrogens is 448 g/mol. The van der Waals surface area contributed by atoms with Gasteiger partial charge in [-0.25, -0.2) is 0 Å². The number of amides is 1. The highest BCUT2D eigenvalue weighted by atomic mass is 35.5. The van der Waals surface area contributed by atoms with Crippen LogP contribution in [0, 0.1) is 12.3 Å². The minimum absolute atomic E-state index is 0.0762. The lowest BCUT2D eigenvalue weighted by Crippen LogP contribution is -2.24. The molecule has 1 heterocycles. The fraction of sp³-hybridized carbons (Fsp3) is 0.222. The van der Waals surface area contributed by atoms with Crippen molar-refractivity contribution in [3.8, 4) is 0 Å². The molecule has 0 saturated carbocycles. The molecule has 0 aliphatic heterocycles. The number of carbonyl (C=O) groups is 2. The third kappa shape index (κ3) is 5.13. The molecule has 2 aromatic carbocycles. The second-order valence-corrected chi connectivity index (χ2v) is 9.12. The van der Waals surface area contributed by atoms with Crippen molar-refractivity contribution in [2.45, 2.75) is 33.4 Å². The Morgan fingerprint density at radius 2 is 1.88 bits per heavy atom. The molecule has 4 rings (SSSR count). The SMILES string of the molecule is CC1=C(c2cc(Cn3ccn(C)c3=N)cc(C(=O)NCc3ccc(Cl)c(C)c3)c2)C=CC(=O)C1. The summed E-state index contributed by atoms with van der Waals surface area (Å²) < 4.78 is 3.55. The fourth-order valence-corrected chi connectivity index (χ4v) is 4.21. The summed E-state index contributed by atoms with van der Waals surface area (Å²) in [5.74, 6) is -0.110. The van der Waals surface area contributed by atoms with E-state index in [0.717, 1.165) is 33.4 Å². The van der Waals surface area contributed by atoms with Crippen LogP contribution >= 0.6 is 11.6 Å². The Morgan fingerprint density at radius 3 is 2.56 bits per heavy atom. The van der Waals surface area contributed by atoms with E-state index in [0.29, 0.717) is 35.7 Å². The van der Waals surface area contributed by atoms with Gasteiger partial charge in [0.05, 0.1) is 6.54 Å². The molecule has 2 N–H and O–H groups in total. The molecule has 1 aromatic heterocycles. The molecule has 6 nitrogen and oxygen atoms in total. The number of imidazole rings is 1. The summed E-state index contributed by atoms with van der Waals surface area (Å²) >= 11 is 6.11. The van der Waals surface area contributed by atoms with Crippen LogP contribution in [-0.2, 0) is 24.9 Å². The van der Waals surface area contributed by atoms with Gasteiger partial charge in [0.15, 0.2) is 5.78 Å². The van der Waals surface area contributed by atoms with Gasteiger partial charge in [-0.2, -0.15) is 0 Å². The number of carbonyl (C=O) groups excluding carboxylic acids is 2. The van der Waals surface area contributed by atoms with E-state index in [9.17, 15) is 9.59 Å². The van der Waals surface area contributed by atoms with Crippen LogP contribution in [0.5, 0.6) is 0 Å². The Morgan fingerprint density at radius 1 is 1.09 bits per heavy atom. The van der Waals surface area contributed by atoms with Crippen molar-refractivity contribution in [1.29, 1.82) is 5.41 Å². The fourth-order valence-electron chi connectivity index (χ4n) is 4.10. The van der Waals surface area contributed by atoms with E-state index in [4.69, 9.17) is 17.0 Å². The summed E-state index contributed by atoms with van der Waals surface area (Å²) in [5.41, 5.74) is 6.55. The highest BCUT2D eigenvalue weighted by Gasteiger charge is 2.16. The zero-order valence-corrected chi connectivity index (χ0v) is 20.2. The second-order valence-electron chi connectivity index (χ2n) is 8.72. The van der Waals surface area contributed by atoms with Gasteiger partial charge in [-0.05, 0) is 72.0 Å². The van der Waals surface area contributed by atoms with Crippen LogP contribution < -0.4 is 10.9 Å². The Hall–Kier alpha value is -3.64. The molecule has 0 saturated heterocycles. The number of rotatable bonds is 6. The quantitative estimate of drug-likeness (QED) is 0.549. The molecule has 0 atom stereocenters. The monoisotopic (exact) mass is 474 g/mol. The molecule has 7 heteroatoms. The number of nitrogens with zero attached hydrogens (tertiary/aromatic N) is 2. The largest absolute Gasteiger partial charge is 0.348 e. The molecule has 1 amide bonds. The predicted octanol–water partition coefficient (Wildman–Crippen LogP) is 4.55. The minimum atomic E-state index is -0.186. The lowest BCUT2D eigenvalue weighted by molar-refractivity contribution is -0.114. The lowest BCUT2D eigenvalue weighted by Gasteiger charge is -2.16. The summed E-state index contributed by atoms with van der Waals surface area (Å²) in [4.78, 5) is 25.0. The number of aromatic nitrogens is 2. The first-order chi connectivity index (χ1) is 16.2. The molecule has 0 spiro atoms. The number of allylic oxidation sites excluding steroid dienone is 4. The summed E-state index contributed by atoms with van der Waals surface area (Å²) in [6.45, 7) is 4.72. The minimum Gasteiger partial charge on any atom is -0.348 e. The first-order valence-electron chi connectivity index (χ1n) is 11.1. The van der Waals surface area contributed by atoms with Crippen LogP contribution in [0.2, 0.25) is 5.02 Å². The van der Waals surface area contributed by atoms with Crippen LogP contribution in [0.15, 0.2) is 66.5 Å².